The molecule has 0 radical (unpaired) electrons. The quantitative estimate of drug-likeness (QED) is 0.844. The molecule has 19 heavy (non-hydrogen) atoms. The van der Waals surface area contributed by atoms with Crippen LogP contribution in [0.5, 0.6) is 0 Å². The van der Waals surface area contributed by atoms with Gasteiger partial charge in [-0.1, -0.05) is 11.6 Å². The van der Waals surface area contributed by atoms with Crippen molar-refractivity contribution in [3.63, 3.8) is 0 Å². The van der Waals surface area contributed by atoms with Crippen LogP contribution in [-0.2, 0) is 0 Å². The Kier molecular flexibility index (Phi) is 4.17. The number of carbonyl (C=O) groups excluding carboxylic acids is 1. The molecular formula is C13H7BrClF2NO. The fourth-order valence-corrected chi connectivity index (χ4v) is 1.94. The summed E-state index contributed by atoms with van der Waals surface area (Å²) < 4.78 is 27.0. The molecule has 1 N–H and O–H groups in total. The molecule has 0 aliphatic carbocycles. The van der Waals surface area contributed by atoms with Crippen LogP contribution in [-0.4, -0.2) is 5.91 Å². The molecule has 0 atom stereocenters. The third-order valence-corrected chi connectivity index (χ3v) is 3.56. The molecule has 0 bridgehead atoms. The van der Waals surface area contributed by atoms with Gasteiger partial charge in [0.15, 0.2) is 0 Å². The first kappa shape index (κ1) is 14.0. The number of nitrogens with one attached hydrogen (secondary N) is 1. The van der Waals surface area contributed by atoms with E-state index >= 15 is 0 Å². The van der Waals surface area contributed by atoms with Crippen molar-refractivity contribution in [3.05, 3.63) is 63.1 Å². The Morgan fingerprint density at radius 3 is 2.58 bits per heavy atom. The first-order valence-corrected chi connectivity index (χ1v) is 6.36. The number of anilines is 1. The molecule has 0 spiro atoms. The first-order valence-electron chi connectivity index (χ1n) is 5.19. The van der Waals surface area contributed by atoms with E-state index in [4.69, 9.17) is 11.6 Å². The summed E-state index contributed by atoms with van der Waals surface area (Å²) in [6, 6.07) is 7.39. The van der Waals surface area contributed by atoms with E-state index in [9.17, 15) is 13.6 Å². The highest BCUT2D eigenvalue weighted by atomic mass is 79.9. The third-order valence-electron chi connectivity index (χ3n) is 2.35. The van der Waals surface area contributed by atoms with Crippen LogP contribution in [0.25, 0.3) is 0 Å². The molecule has 98 valence electrons. The summed E-state index contributed by atoms with van der Waals surface area (Å²) >= 11 is 9.01. The average Bonchev–Trinajstić information content (AvgIpc) is 2.36. The fraction of sp³-hybridized carbons (Fsp3) is 0. The molecule has 0 aromatic heterocycles. The summed E-state index contributed by atoms with van der Waals surface area (Å²) in [5.74, 6) is -2.19. The Morgan fingerprint density at radius 2 is 1.89 bits per heavy atom. The van der Waals surface area contributed by atoms with E-state index in [1.807, 2.05) is 0 Å². The summed E-state index contributed by atoms with van der Waals surface area (Å²) in [7, 11) is 0. The normalized spacial score (nSPS) is 10.3. The lowest BCUT2D eigenvalue weighted by molar-refractivity contribution is 0.102. The van der Waals surface area contributed by atoms with E-state index in [0.29, 0.717) is 15.2 Å². The molecule has 2 aromatic rings. The van der Waals surface area contributed by atoms with Gasteiger partial charge < -0.3 is 5.32 Å². The topological polar surface area (TPSA) is 29.1 Å². The van der Waals surface area contributed by atoms with Gasteiger partial charge in [0.05, 0.1) is 10.6 Å². The molecule has 0 heterocycles. The highest BCUT2D eigenvalue weighted by Gasteiger charge is 2.13. The van der Waals surface area contributed by atoms with Gasteiger partial charge >= 0.3 is 0 Å². The van der Waals surface area contributed by atoms with Crippen LogP contribution < -0.4 is 5.32 Å². The number of amides is 1. The predicted molar refractivity (Wildman–Crippen MR) is 73.5 cm³/mol. The van der Waals surface area contributed by atoms with Crippen LogP contribution in [0.2, 0.25) is 5.02 Å². The minimum Gasteiger partial charge on any atom is -0.322 e. The number of carbonyl (C=O) groups is 1. The van der Waals surface area contributed by atoms with Gasteiger partial charge in [-0.15, -0.1) is 0 Å². The van der Waals surface area contributed by atoms with Crippen molar-refractivity contribution in [2.45, 2.75) is 0 Å². The lowest BCUT2D eigenvalue weighted by atomic mass is 10.2. The van der Waals surface area contributed by atoms with Crippen molar-refractivity contribution in [1.29, 1.82) is 0 Å². The maximum absolute atomic E-state index is 13.4. The Balaban J connectivity index is 2.25. The number of hydrogen-bond donors (Lipinski definition) is 1. The number of halogens is 4. The van der Waals surface area contributed by atoms with Crippen LogP contribution in [0.1, 0.15) is 10.4 Å². The minimum absolute atomic E-state index is 0.355. The van der Waals surface area contributed by atoms with E-state index in [0.717, 1.165) is 18.2 Å². The molecule has 0 fully saturated rings. The lowest BCUT2D eigenvalue weighted by Crippen LogP contribution is -2.14. The van der Waals surface area contributed by atoms with Gasteiger partial charge in [0.2, 0.25) is 0 Å². The van der Waals surface area contributed by atoms with E-state index in [-0.39, 0.29) is 5.56 Å². The molecule has 2 rings (SSSR count). The van der Waals surface area contributed by atoms with E-state index in [1.165, 1.54) is 0 Å². The van der Waals surface area contributed by atoms with Gasteiger partial charge in [0.25, 0.3) is 5.91 Å². The monoisotopic (exact) mass is 345 g/mol. The minimum atomic E-state index is -0.785. The molecule has 1 amide bonds. The fourth-order valence-electron chi connectivity index (χ4n) is 1.44. The van der Waals surface area contributed by atoms with Crippen molar-refractivity contribution in [3.8, 4) is 0 Å². The number of benzene rings is 2. The SMILES string of the molecule is O=C(Nc1ccc(Cl)c(Br)c1)c1cc(F)ccc1F. The van der Waals surface area contributed by atoms with Gasteiger partial charge in [-0.05, 0) is 52.3 Å². The number of rotatable bonds is 2. The predicted octanol–water partition coefficient (Wildman–Crippen LogP) is 4.63. The van der Waals surface area contributed by atoms with Gasteiger partial charge in [0.1, 0.15) is 11.6 Å². The van der Waals surface area contributed by atoms with Crippen LogP contribution in [0.3, 0.4) is 0 Å². The Morgan fingerprint density at radius 1 is 1.16 bits per heavy atom. The van der Waals surface area contributed by atoms with E-state index in [1.54, 1.807) is 18.2 Å². The summed E-state index contributed by atoms with van der Waals surface area (Å²) in [4.78, 5) is 11.8. The molecule has 0 aliphatic rings. The standard InChI is InChI=1S/C13H7BrClF2NO/c14-10-6-8(2-3-11(10)15)18-13(19)9-5-7(16)1-4-12(9)17/h1-6H,(H,18,19). The Bertz CT molecular complexity index is 649. The molecule has 0 aliphatic heterocycles. The molecular weight excluding hydrogens is 340 g/mol. The van der Waals surface area contributed by atoms with Crippen molar-refractivity contribution >= 4 is 39.1 Å². The van der Waals surface area contributed by atoms with Crippen molar-refractivity contribution < 1.29 is 13.6 Å². The third kappa shape index (κ3) is 3.30. The highest BCUT2D eigenvalue weighted by Crippen LogP contribution is 2.26. The average molecular weight is 347 g/mol. The zero-order valence-electron chi connectivity index (χ0n) is 9.38. The second kappa shape index (κ2) is 5.67. The molecule has 0 saturated heterocycles. The lowest BCUT2D eigenvalue weighted by Gasteiger charge is -2.07. The highest BCUT2D eigenvalue weighted by molar-refractivity contribution is 9.10. The summed E-state index contributed by atoms with van der Waals surface area (Å²) in [5, 5.41) is 2.94. The zero-order chi connectivity index (χ0) is 14.0. The Labute approximate surface area is 121 Å². The second-order valence-electron chi connectivity index (χ2n) is 3.71. The van der Waals surface area contributed by atoms with Crippen molar-refractivity contribution in [2.24, 2.45) is 0 Å². The van der Waals surface area contributed by atoms with Crippen LogP contribution in [0, 0.1) is 11.6 Å². The zero-order valence-corrected chi connectivity index (χ0v) is 11.7. The molecule has 2 aromatic carbocycles. The van der Waals surface area contributed by atoms with E-state index < -0.39 is 17.5 Å². The first-order chi connectivity index (χ1) is 8.97. The van der Waals surface area contributed by atoms with Gasteiger partial charge in [-0.2, -0.15) is 0 Å². The van der Waals surface area contributed by atoms with Crippen molar-refractivity contribution in [2.75, 3.05) is 5.32 Å². The Hall–Kier alpha value is -1.46. The van der Waals surface area contributed by atoms with Gasteiger partial charge in [-0.25, -0.2) is 8.78 Å². The number of hydrogen-bond acceptors (Lipinski definition) is 1. The van der Waals surface area contributed by atoms with E-state index in [2.05, 4.69) is 21.2 Å². The maximum Gasteiger partial charge on any atom is 0.258 e. The van der Waals surface area contributed by atoms with Gasteiger partial charge in [-0.3, -0.25) is 4.79 Å². The van der Waals surface area contributed by atoms with Crippen LogP contribution >= 0.6 is 27.5 Å². The summed E-state index contributed by atoms with van der Waals surface area (Å²) in [6.45, 7) is 0. The van der Waals surface area contributed by atoms with Crippen LogP contribution in [0.15, 0.2) is 40.9 Å². The molecule has 0 unspecified atom stereocenters. The smallest absolute Gasteiger partial charge is 0.258 e. The summed E-state index contributed by atoms with van der Waals surface area (Å²) in [6.07, 6.45) is 0. The largest absolute Gasteiger partial charge is 0.322 e. The molecule has 2 nitrogen and oxygen atoms in total. The van der Waals surface area contributed by atoms with Crippen molar-refractivity contribution in [1.82, 2.24) is 0 Å². The summed E-state index contributed by atoms with van der Waals surface area (Å²) in [5.41, 5.74) is 0.0657. The second-order valence-corrected chi connectivity index (χ2v) is 4.97. The maximum atomic E-state index is 13.4. The molecule has 6 heteroatoms. The molecule has 0 saturated carbocycles. The van der Waals surface area contributed by atoms with Crippen LogP contribution in [0.4, 0.5) is 14.5 Å². The van der Waals surface area contributed by atoms with Gasteiger partial charge in [0, 0.05) is 10.2 Å².